The Bertz CT molecular complexity index is 652. The predicted molar refractivity (Wildman–Crippen MR) is 80.8 cm³/mol. The van der Waals surface area contributed by atoms with E-state index in [0.29, 0.717) is 12.6 Å². The van der Waals surface area contributed by atoms with Crippen molar-refractivity contribution in [2.45, 2.75) is 32.0 Å². The minimum absolute atomic E-state index is 0.0167. The van der Waals surface area contributed by atoms with Crippen LogP contribution in [0.15, 0.2) is 24.3 Å². The van der Waals surface area contributed by atoms with Crippen molar-refractivity contribution in [2.24, 2.45) is 0 Å². The fourth-order valence-corrected chi connectivity index (χ4v) is 2.59. The van der Waals surface area contributed by atoms with Crippen molar-refractivity contribution in [2.75, 3.05) is 7.11 Å². The summed E-state index contributed by atoms with van der Waals surface area (Å²) in [7, 11) is 1.65. The molecule has 1 fully saturated rings. The summed E-state index contributed by atoms with van der Waals surface area (Å²) in [4.78, 5) is 15.3. The van der Waals surface area contributed by atoms with Gasteiger partial charge in [0.2, 0.25) is 5.91 Å². The van der Waals surface area contributed by atoms with E-state index in [1.807, 2.05) is 31.2 Å². The zero-order valence-electron chi connectivity index (χ0n) is 12.2. The number of aromatic amines is 1. The number of methoxy groups -OCH3 is 1. The Hall–Kier alpha value is -2.05. The molecular weight excluding hydrogens is 268 g/mol. The standard InChI is InChI=1S/C15H20N4O2/c1-9-5-14(19-18-9)15(20)16-8-11-6-10-7-12(21-2)3-4-13(10)17-11/h3-4,6-7,9,14,17-19H,5,8H2,1-2H3,(H,16,20). The minimum atomic E-state index is -0.163. The van der Waals surface area contributed by atoms with Crippen LogP contribution in [0.5, 0.6) is 5.75 Å². The van der Waals surface area contributed by atoms with E-state index in [9.17, 15) is 4.79 Å². The summed E-state index contributed by atoms with van der Waals surface area (Å²) in [6.45, 7) is 2.54. The van der Waals surface area contributed by atoms with Gasteiger partial charge >= 0.3 is 0 Å². The van der Waals surface area contributed by atoms with Crippen molar-refractivity contribution in [1.29, 1.82) is 0 Å². The van der Waals surface area contributed by atoms with Crippen LogP contribution in [0, 0.1) is 0 Å². The summed E-state index contributed by atoms with van der Waals surface area (Å²) in [6, 6.07) is 8.05. The number of rotatable bonds is 4. The molecule has 6 nitrogen and oxygen atoms in total. The monoisotopic (exact) mass is 288 g/mol. The molecule has 1 aliphatic rings. The number of nitrogens with one attached hydrogen (secondary N) is 4. The summed E-state index contributed by atoms with van der Waals surface area (Å²) < 4.78 is 5.21. The molecule has 21 heavy (non-hydrogen) atoms. The van der Waals surface area contributed by atoms with E-state index < -0.39 is 0 Å². The number of benzene rings is 1. The summed E-state index contributed by atoms with van der Waals surface area (Å²) in [5, 5.41) is 4.02. The molecule has 4 N–H and O–H groups in total. The van der Waals surface area contributed by atoms with Gasteiger partial charge in [-0.25, -0.2) is 5.43 Å². The Morgan fingerprint density at radius 1 is 1.38 bits per heavy atom. The number of carbonyl (C=O) groups is 1. The van der Waals surface area contributed by atoms with Crippen LogP contribution in [0.4, 0.5) is 0 Å². The normalized spacial score (nSPS) is 21.6. The molecule has 1 saturated heterocycles. The molecule has 0 saturated carbocycles. The number of aromatic nitrogens is 1. The van der Waals surface area contributed by atoms with Crippen LogP contribution in [0.3, 0.4) is 0 Å². The maximum Gasteiger partial charge on any atom is 0.238 e. The molecule has 6 heteroatoms. The lowest BCUT2D eigenvalue weighted by molar-refractivity contribution is -0.123. The number of hydrogen-bond donors (Lipinski definition) is 4. The first-order valence-electron chi connectivity index (χ1n) is 7.10. The maximum absolute atomic E-state index is 12.0. The van der Waals surface area contributed by atoms with Crippen LogP contribution < -0.4 is 20.9 Å². The zero-order valence-corrected chi connectivity index (χ0v) is 12.2. The first-order chi connectivity index (χ1) is 10.2. The third-order valence-corrected chi connectivity index (χ3v) is 3.75. The molecule has 0 spiro atoms. The molecule has 0 bridgehead atoms. The topological polar surface area (TPSA) is 78.2 Å². The van der Waals surface area contributed by atoms with Gasteiger partial charge in [0.05, 0.1) is 13.7 Å². The molecule has 1 aromatic carbocycles. The van der Waals surface area contributed by atoms with Crippen molar-refractivity contribution in [3.63, 3.8) is 0 Å². The van der Waals surface area contributed by atoms with E-state index >= 15 is 0 Å². The fraction of sp³-hybridized carbons (Fsp3) is 0.400. The number of hydrazine groups is 1. The molecule has 2 aromatic rings. The van der Waals surface area contributed by atoms with Crippen molar-refractivity contribution in [1.82, 2.24) is 21.2 Å². The summed E-state index contributed by atoms with van der Waals surface area (Å²) in [6.07, 6.45) is 0.801. The molecule has 0 aliphatic carbocycles. The molecule has 112 valence electrons. The zero-order chi connectivity index (χ0) is 14.8. The molecule has 1 amide bonds. The first kappa shape index (κ1) is 13.9. The van der Waals surface area contributed by atoms with Crippen molar-refractivity contribution < 1.29 is 9.53 Å². The molecule has 2 unspecified atom stereocenters. The summed E-state index contributed by atoms with van der Waals surface area (Å²) in [5.74, 6) is 0.843. The third-order valence-electron chi connectivity index (χ3n) is 3.75. The number of amides is 1. The van der Waals surface area contributed by atoms with Gasteiger partial charge in [0.15, 0.2) is 0 Å². The Kier molecular flexibility index (Phi) is 3.81. The van der Waals surface area contributed by atoms with Gasteiger partial charge in [0, 0.05) is 22.6 Å². The Morgan fingerprint density at radius 2 is 2.24 bits per heavy atom. The van der Waals surface area contributed by atoms with Crippen molar-refractivity contribution >= 4 is 16.8 Å². The Morgan fingerprint density at radius 3 is 2.95 bits per heavy atom. The quantitative estimate of drug-likeness (QED) is 0.678. The molecule has 1 aromatic heterocycles. The molecule has 1 aliphatic heterocycles. The number of H-pyrrole nitrogens is 1. The van der Waals surface area contributed by atoms with E-state index in [1.54, 1.807) is 7.11 Å². The number of carbonyl (C=O) groups excluding carboxylic acids is 1. The van der Waals surface area contributed by atoms with Crippen LogP contribution in [0.1, 0.15) is 19.0 Å². The second-order valence-electron chi connectivity index (χ2n) is 5.44. The van der Waals surface area contributed by atoms with Gasteiger partial charge in [-0.05, 0) is 37.6 Å². The van der Waals surface area contributed by atoms with Crippen molar-refractivity contribution in [3.05, 3.63) is 30.0 Å². The van der Waals surface area contributed by atoms with Crippen LogP contribution in [0.2, 0.25) is 0 Å². The van der Waals surface area contributed by atoms with Crippen LogP contribution in [-0.4, -0.2) is 30.1 Å². The molecule has 0 radical (unpaired) electrons. The fourth-order valence-electron chi connectivity index (χ4n) is 2.59. The molecule has 2 heterocycles. The van der Waals surface area contributed by atoms with Gasteiger partial charge in [0.25, 0.3) is 0 Å². The SMILES string of the molecule is COc1ccc2[nH]c(CNC(=O)C3CC(C)NN3)cc2c1. The largest absolute Gasteiger partial charge is 0.497 e. The molecule has 3 rings (SSSR count). The lowest BCUT2D eigenvalue weighted by Gasteiger charge is -2.09. The highest BCUT2D eigenvalue weighted by Crippen LogP contribution is 2.21. The van der Waals surface area contributed by atoms with Gasteiger partial charge in [-0.1, -0.05) is 0 Å². The van der Waals surface area contributed by atoms with E-state index in [2.05, 4.69) is 21.2 Å². The lowest BCUT2D eigenvalue weighted by Crippen LogP contribution is -2.43. The third kappa shape index (κ3) is 3.01. The van der Waals surface area contributed by atoms with Crippen LogP contribution in [-0.2, 0) is 11.3 Å². The average molecular weight is 288 g/mol. The highest BCUT2D eigenvalue weighted by Gasteiger charge is 2.26. The lowest BCUT2D eigenvalue weighted by atomic mass is 10.1. The van der Waals surface area contributed by atoms with E-state index in [1.165, 1.54) is 0 Å². The summed E-state index contributed by atoms with van der Waals surface area (Å²) in [5.41, 5.74) is 8.06. The Labute approximate surface area is 123 Å². The van der Waals surface area contributed by atoms with E-state index in [0.717, 1.165) is 28.8 Å². The van der Waals surface area contributed by atoms with Gasteiger partial charge < -0.3 is 15.0 Å². The first-order valence-corrected chi connectivity index (χ1v) is 7.10. The average Bonchev–Trinajstić information content (AvgIpc) is 3.09. The van der Waals surface area contributed by atoms with Crippen LogP contribution in [0.25, 0.3) is 10.9 Å². The highest BCUT2D eigenvalue weighted by molar-refractivity contribution is 5.83. The Balaban J connectivity index is 1.63. The van der Waals surface area contributed by atoms with E-state index in [4.69, 9.17) is 4.74 Å². The van der Waals surface area contributed by atoms with E-state index in [-0.39, 0.29) is 11.9 Å². The second-order valence-corrected chi connectivity index (χ2v) is 5.44. The van der Waals surface area contributed by atoms with Gasteiger partial charge in [-0.15, -0.1) is 0 Å². The number of fused-ring (bicyclic) bond motifs is 1. The van der Waals surface area contributed by atoms with Gasteiger partial charge in [-0.2, -0.15) is 0 Å². The maximum atomic E-state index is 12.0. The smallest absolute Gasteiger partial charge is 0.238 e. The van der Waals surface area contributed by atoms with Gasteiger partial charge in [0.1, 0.15) is 11.8 Å². The van der Waals surface area contributed by atoms with Crippen LogP contribution >= 0.6 is 0 Å². The van der Waals surface area contributed by atoms with Gasteiger partial charge in [-0.3, -0.25) is 10.2 Å². The highest BCUT2D eigenvalue weighted by atomic mass is 16.5. The van der Waals surface area contributed by atoms with Crippen molar-refractivity contribution in [3.8, 4) is 5.75 Å². The second kappa shape index (κ2) is 5.75. The molecule has 2 atom stereocenters. The summed E-state index contributed by atoms with van der Waals surface area (Å²) >= 11 is 0. The number of hydrogen-bond acceptors (Lipinski definition) is 4. The predicted octanol–water partition coefficient (Wildman–Crippen LogP) is 1.05. The molecular formula is C15H20N4O2. The number of ether oxygens (including phenoxy) is 1. The minimum Gasteiger partial charge on any atom is -0.497 e.